The van der Waals surface area contributed by atoms with Crippen molar-refractivity contribution in [1.29, 1.82) is 0 Å². The van der Waals surface area contributed by atoms with Crippen molar-refractivity contribution in [1.82, 2.24) is 0 Å². The van der Waals surface area contributed by atoms with E-state index >= 15 is 0 Å². The Morgan fingerprint density at radius 1 is 0.800 bits per heavy atom. The SMILES string of the molecule is [B]C([B])([B])C([B])(C([B])([B])[B])S(=O)(=O)c1ccc(Br)cc1. The van der Waals surface area contributed by atoms with E-state index in [4.69, 9.17) is 54.9 Å². The Bertz CT molecular complexity index is 574. The summed E-state index contributed by atoms with van der Waals surface area (Å²) in [7, 11) is 34.1. The Balaban J connectivity index is 3.61. The highest BCUT2D eigenvalue weighted by molar-refractivity contribution is 9.10. The molecule has 0 aromatic heterocycles. The fraction of sp³-hybridized carbons (Fsp3) is 0.333. The fourth-order valence-corrected chi connectivity index (χ4v) is 3.70. The maximum Gasteiger partial charge on any atom is 0.172 e. The number of sulfone groups is 1. The third-order valence-corrected chi connectivity index (χ3v) is 5.81. The molecular weight excluding hydrogens is 328 g/mol. The third-order valence-electron chi connectivity index (χ3n) is 2.83. The number of hydrogen-bond donors (Lipinski definition) is 0. The predicted molar refractivity (Wildman–Crippen MR) is 89.7 cm³/mol. The summed E-state index contributed by atoms with van der Waals surface area (Å²) in [6.07, 6.45) is 0. The standard InChI is InChI=1S/C9H4B7BrO2S/c10-7(8(11,12)13,9(14,15)16)20(18,19)6-3-1-5(17)2-4-6/h1-4H. The van der Waals surface area contributed by atoms with Gasteiger partial charge in [-0.05, 0) is 24.3 Å². The van der Waals surface area contributed by atoms with E-state index in [0.717, 1.165) is 0 Å². The van der Waals surface area contributed by atoms with Gasteiger partial charge in [-0.1, -0.05) is 15.9 Å². The summed E-state index contributed by atoms with van der Waals surface area (Å²) in [5.41, 5.74) is 0. The Morgan fingerprint density at radius 2 is 1.15 bits per heavy atom. The van der Waals surface area contributed by atoms with E-state index in [9.17, 15) is 8.42 Å². The third kappa shape index (κ3) is 2.85. The normalized spacial score (nSPS) is 14.1. The summed E-state index contributed by atoms with van der Waals surface area (Å²) in [6.45, 7) is 0. The molecule has 0 unspecified atom stereocenters. The summed E-state index contributed by atoms with van der Waals surface area (Å²) < 4.78 is 23.2. The van der Waals surface area contributed by atoms with Gasteiger partial charge in [0.2, 0.25) is 0 Å². The second kappa shape index (κ2) is 5.38. The first-order chi connectivity index (χ1) is 8.75. The molecule has 0 spiro atoms. The van der Waals surface area contributed by atoms with Crippen LogP contribution in [0, 0.1) is 0 Å². The quantitative estimate of drug-likeness (QED) is 0.680. The van der Waals surface area contributed by atoms with Gasteiger partial charge in [0.1, 0.15) is 0 Å². The topological polar surface area (TPSA) is 34.1 Å². The van der Waals surface area contributed by atoms with Crippen molar-refractivity contribution in [3.05, 3.63) is 28.7 Å². The van der Waals surface area contributed by atoms with E-state index in [1.807, 2.05) is 0 Å². The van der Waals surface area contributed by atoms with Crippen molar-refractivity contribution in [2.75, 3.05) is 0 Å². The van der Waals surface area contributed by atoms with Crippen molar-refractivity contribution in [3.8, 4) is 0 Å². The molecule has 86 valence electrons. The van der Waals surface area contributed by atoms with Crippen molar-refractivity contribution >= 4 is 80.7 Å². The molecule has 1 rings (SSSR count). The van der Waals surface area contributed by atoms with Gasteiger partial charge in [0.25, 0.3) is 0 Å². The average molecular weight is 332 g/mol. The van der Waals surface area contributed by atoms with Gasteiger partial charge in [-0.3, -0.25) is 0 Å². The van der Waals surface area contributed by atoms with Crippen molar-refractivity contribution < 1.29 is 8.42 Å². The van der Waals surface area contributed by atoms with Crippen molar-refractivity contribution in [2.45, 2.75) is 19.8 Å². The van der Waals surface area contributed by atoms with Gasteiger partial charge < -0.3 is 0 Å². The van der Waals surface area contributed by atoms with Gasteiger partial charge in [0.15, 0.2) is 9.84 Å². The first-order valence-corrected chi connectivity index (χ1v) is 7.55. The van der Waals surface area contributed by atoms with Crippen LogP contribution in [0.3, 0.4) is 0 Å². The van der Waals surface area contributed by atoms with E-state index < -0.39 is 24.7 Å². The van der Waals surface area contributed by atoms with Crippen LogP contribution in [0.15, 0.2) is 33.6 Å². The zero-order chi connectivity index (χ0) is 16.0. The van der Waals surface area contributed by atoms with Crippen molar-refractivity contribution in [2.24, 2.45) is 0 Å². The van der Waals surface area contributed by atoms with Crippen LogP contribution in [0.5, 0.6) is 0 Å². The minimum atomic E-state index is -4.43. The molecule has 0 amide bonds. The number of hydrogen-bond acceptors (Lipinski definition) is 2. The smallest absolute Gasteiger partial charge is 0.172 e. The average Bonchev–Trinajstić information content (AvgIpc) is 2.25. The molecule has 0 fully saturated rings. The molecule has 20 heavy (non-hydrogen) atoms. The molecule has 2 nitrogen and oxygen atoms in total. The van der Waals surface area contributed by atoms with E-state index in [1.165, 1.54) is 24.3 Å². The lowest BCUT2D eigenvalue weighted by Gasteiger charge is -2.53. The molecule has 1 aromatic rings. The van der Waals surface area contributed by atoms with Crippen LogP contribution >= 0.6 is 15.9 Å². The second-order valence-corrected chi connectivity index (χ2v) is 7.60. The Kier molecular flexibility index (Phi) is 4.89. The minimum absolute atomic E-state index is 0.223. The molecule has 0 heterocycles. The highest BCUT2D eigenvalue weighted by Crippen LogP contribution is 2.48. The Hall–Kier alpha value is 0.105. The predicted octanol–water partition coefficient (Wildman–Crippen LogP) is -0.754. The van der Waals surface area contributed by atoms with Gasteiger partial charge in [-0.25, -0.2) is 8.42 Å². The summed E-state index contributed by atoms with van der Waals surface area (Å²) in [5, 5.41) is -4.95. The largest absolute Gasteiger partial charge is 0.224 e. The molecule has 0 aliphatic carbocycles. The van der Waals surface area contributed by atoms with E-state index in [2.05, 4.69) is 15.9 Å². The van der Waals surface area contributed by atoms with E-state index in [0.29, 0.717) is 4.47 Å². The monoisotopic (exact) mass is 332 g/mol. The second-order valence-electron chi connectivity index (χ2n) is 4.56. The molecule has 0 aliphatic rings. The van der Waals surface area contributed by atoms with Crippen LogP contribution in [0.1, 0.15) is 0 Å². The van der Waals surface area contributed by atoms with Crippen LogP contribution in [0.25, 0.3) is 0 Å². The number of rotatable bonds is 4. The van der Waals surface area contributed by atoms with E-state index in [-0.39, 0.29) is 4.90 Å². The van der Waals surface area contributed by atoms with Crippen LogP contribution in [0.2, 0.25) is 10.2 Å². The molecule has 14 radical (unpaired) electrons. The van der Waals surface area contributed by atoms with Gasteiger partial charge in [0, 0.05) is 9.12 Å². The van der Waals surface area contributed by atoms with Gasteiger partial charge in [-0.15, -0.1) is 10.2 Å². The van der Waals surface area contributed by atoms with Crippen LogP contribution in [-0.4, -0.2) is 68.0 Å². The van der Waals surface area contributed by atoms with Gasteiger partial charge in [0.05, 0.1) is 59.8 Å². The lowest BCUT2D eigenvalue weighted by molar-refractivity contribution is 0.566. The summed E-state index contributed by atoms with van der Waals surface area (Å²) >= 11 is 3.17. The highest BCUT2D eigenvalue weighted by atomic mass is 79.9. The van der Waals surface area contributed by atoms with Gasteiger partial charge >= 0.3 is 0 Å². The zero-order valence-corrected chi connectivity index (χ0v) is 12.9. The zero-order valence-electron chi connectivity index (χ0n) is 10.5. The lowest BCUT2D eigenvalue weighted by atomic mass is 9.21. The fourth-order valence-electron chi connectivity index (χ4n) is 1.64. The van der Waals surface area contributed by atoms with Gasteiger partial charge in [-0.2, -0.15) is 0 Å². The first-order valence-electron chi connectivity index (χ1n) is 5.27. The Morgan fingerprint density at radius 3 is 1.45 bits per heavy atom. The summed E-state index contributed by atoms with van der Waals surface area (Å²) in [5.74, 6) is 0. The van der Waals surface area contributed by atoms with Crippen LogP contribution < -0.4 is 0 Å². The van der Waals surface area contributed by atoms with E-state index in [1.54, 1.807) is 0 Å². The summed E-state index contributed by atoms with van der Waals surface area (Å²) in [4.78, 5) is -0.223. The molecule has 1 aromatic carbocycles. The molecule has 11 heteroatoms. The minimum Gasteiger partial charge on any atom is -0.224 e. The van der Waals surface area contributed by atoms with Crippen molar-refractivity contribution in [3.63, 3.8) is 0 Å². The maximum atomic E-state index is 12.6. The summed E-state index contributed by atoms with van der Waals surface area (Å²) in [6, 6.07) is 5.48. The molecule has 0 saturated heterocycles. The first kappa shape index (κ1) is 18.2. The van der Waals surface area contributed by atoms with Crippen LogP contribution in [0.4, 0.5) is 0 Å². The lowest BCUT2D eigenvalue weighted by Crippen LogP contribution is -2.60. The molecule has 0 N–H and O–H groups in total. The molecule has 0 aliphatic heterocycles. The number of halogens is 1. The highest BCUT2D eigenvalue weighted by Gasteiger charge is 2.53. The molecular formula is C9H4B7BrO2S. The Labute approximate surface area is 137 Å². The molecule has 0 atom stereocenters. The molecule has 0 saturated carbocycles. The molecule has 0 bridgehead atoms. The number of benzene rings is 1. The van der Waals surface area contributed by atoms with Crippen LogP contribution in [-0.2, 0) is 9.84 Å². The maximum absolute atomic E-state index is 12.6.